The molecule has 1 fully saturated rings. The number of halogens is 2. The van der Waals surface area contributed by atoms with Crippen LogP contribution in [0.5, 0.6) is 0 Å². The highest BCUT2D eigenvalue weighted by Crippen LogP contribution is 2.32. The largest absolute Gasteiger partial charge is 0.327 e. The molecule has 1 atom stereocenters. The number of H-pyrrole nitrogens is 1. The molecule has 2 aromatic heterocycles. The van der Waals surface area contributed by atoms with Gasteiger partial charge in [0.2, 0.25) is 5.91 Å². The molecule has 6 nitrogen and oxygen atoms in total. The number of likely N-dealkylation sites (tertiary alicyclic amines) is 1. The van der Waals surface area contributed by atoms with Gasteiger partial charge in [0.1, 0.15) is 5.82 Å². The first-order chi connectivity index (χ1) is 13.5. The Kier molecular flexibility index (Phi) is 5.71. The van der Waals surface area contributed by atoms with Crippen LogP contribution >= 0.6 is 38.5 Å². The van der Waals surface area contributed by atoms with Gasteiger partial charge in [0.15, 0.2) is 0 Å². The molecule has 4 rings (SSSR count). The molecule has 2 N–H and O–H groups in total. The molecule has 146 valence electrons. The molecule has 0 aliphatic carbocycles. The number of piperidine rings is 1. The molecular weight excluding hydrogens is 535 g/mol. The fourth-order valence-corrected chi connectivity index (χ4v) is 4.74. The van der Waals surface area contributed by atoms with Gasteiger partial charge in [-0.05, 0) is 66.7 Å². The number of hydrogen-bond donors (Lipinski definition) is 2. The highest BCUT2D eigenvalue weighted by atomic mass is 127. The van der Waals surface area contributed by atoms with Crippen molar-refractivity contribution in [3.63, 3.8) is 0 Å². The van der Waals surface area contributed by atoms with E-state index >= 15 is 0 Å². The lowest BCUT2D eigenvalue weighted by Gasteiger charge is -2.30. The first-order valence-corrected chi connectivity index (χ1v) is 11.2. The van der Waals surface area contributed by atoms with Crippen LogP contribution in [0.2, 0.25) is 0 Å². The fraction of sp³-hybridized carbons (Fsp3) is 0.350. The molecule has 0 radical (unpaired) electrons. The van der Waals surface area contributed by atoms with Gasteiger partial charge < -0.3 is 15.2 Å². The van der Waals surface area contributed by atoms with Gasteiger partial charge in [-0.2, -0.15) is 0 Å². The van der Waals surface area contributed by atoms with Gasteiger partial charge >= 0.3 is 0 Å². The summed E-state index contributed by atoms with van der Waals surface area (Å²) in [5, 5.41) is 5.12. The Morgan fingerprint density at radius 3 is 3.04 bits per heavy atom. The minimum Gasteiger partial charge on any atom is -0.327 e. The number of aromatic nitrogens is 2. The van der Waals surface area contributed by atoms with Gasteiger partial charge in [0.25, 0.3) is 5.56 Å². The molecule has 28 heavy (non-hydrogen) atoms. The summed E-state index contributed by atoms with van der Waals surface area (Å²) in [6, 6.07) is 5.69. The van der Waals surface area contributed by atoms with Crippen molar-refractivity contribution < 1.29 is 4.79 Å². The average molecular weight is 555 g/mol. The Morgan fingerprint density at radius 2 is 2.25 bits per heavy atom. The summed E-state index contributed by atoms with van der Waals surface area (Å²) in [4.78, 5) is 35.2. The van der Waals surface area contributed by atoms with Gasteiger partial charge in [-0.1, -0.05) is 22.9 Å². The lowest BCUT2D eigenvalue weighted by atomic mass is 9.97. The maximum atomic E-state index is 13.0. The lowest BCUT2D eigenvalue weighted by Crippen LogP contribution is -2.40. The number of carbonyl (C=O) groups is 1. The van der Waals surface area contributed by atoms with Crippen molar-refractivity contribution in [2.75, 3.05) is 25.0 Å². The molecule has 1 amide bonds. The number of benzene rings is 1. The molecular formula is C20H20BrIN4O2. The third kappa shape index (κ3) is 3.69. The maximum absolute atomic E-state index is 13.0. The predicted molar refractivity (Wildman–Crippen MR) is 124 cm³/mol. The van der Waals surface area contributed by atoms with Gasteiger partial charge in [0, 0.05) is 28.0 Å². The van der Waals surface area contributed by atoms with Gasteiger partial charge in [-0.15, -0.1) is 0 Å². The second-order valence-corrected chi connectivity index (χ2v) is 9.14. The Balaban J connectivity index is 1.81. The van der Waals surface area contributed by atoms with Crippen LogP contribution in [-0.2, 0) is 4.79 Å². The van der Waals surface area contributed by atoms with Crippen LogP contribution in [0, 0.1) is 9.49 Å². The van der Waals surface area contributed by atoms with E-state index in [0.717, 1.165) is 51.3 Å². The van der Waals surface area contributed by atoms with Crippen LogP contribution in [-0.4, -0.2) is 40.4 Å². The number of nitrogens with one attached hydrogen (secondary N) is 2. The normalized spacial score (nSPS) is 17.9. The molecule has 0 unspecified atom stereocenters. The Hall–Kier alpha value is -1.52. The number of anilines is 1. The minimum atomic E-state index is -0.185. The van der Waals surface area contributed by atoms with Crippen LogP contribution < -0.4 is 10.9 Å². The first kappa shape index (κ1) is 19.8. The molecule has 1 aliphatic rings. The van der Waals surface area contributed by atoms with Crippen molar-refractivity contribution in [2.24, 2.45) is 5.92 Å². The molecule has 3 aromatic rings. The standard InChI is InChI=1S/C20H20BrIN4O2/c1-2-26-7-3-4-11(10-26)19(27)25-18-13-6-5-12(21)8-14(13)16-17(24-18)15(22)9-23-20(16)28/h5-6,8-9,11H,2-4,7,10H2,1H3,(H,23,28)(H,24,25,27)/t11-/m0/s1. The molecule has 3 heterocycles. The summed E-state index contributed by atoms with van der Waals surface area (Å²) in [5.41, 5.74) is 0.416. The Labute approximate surface area is 184 Å². The third-order valence-electron chi connectivity index (χ3n) is 5.31. The summed E-state index contributed by atoms with van der Waals surface area (Å²) in [7, 11) is 0. The van der Waals surface area contributed by atoms with Crippen molar-refractivity contribution in [3.05, 3.63) is 42.8 Å². The van der Waals surface area contributed by atoms with Crippen molar-refractivity contribution in [3.8, 4) is 0 Å². The molecule has 0 bridgehead atoms. The number of hydrogen-bond acceptors (Lipinski definition) is 4. The van der Waals surface area contributed by atoms with E-state index < -0.39 is 0 Å². The average Bonchev–Trinajstić information content (AvgIpc) is 2.70. The van der Waals surface area contributed by atoms with Crippen molar-refractivity contribution in [2.45, 2.75) is 19.8 Å². The Bertz CT molecular complexity index is 1130. The number of aromatic amines is 1. The van der Waals surface area contributed by atoms with Crippen LogP contribution in [0.15, 0.2) is 33.7 Å². The van der Waals surface area contributed by atoms with E-state index in [0.29, 0.717) is 16.7 Å². The first-order valence-electron chi connectivity index (χ1n) is 9.31. The highest BCUT2D eigenvalue weighted by molar-refractivity contribution is 14.1. The zero-order valence-electron chi connectivity index (χ0n) is 15.4. The minimum absolute atomic E-state index is 0.00549. The Morgan fingerprint density at radius 1 is 1.43 bits per heavy atom. The lowest BCUT2D eigenvalue weighted by molar-refractivity contribution is -0.121. The molecule has 1 saturated heterocycles. The van der Waals surface area contributed by atoms with Gasteiger partial charge in [-0.3, -0.25) is 9.59 Å². The SMILES string of the molecule is CCN1CCC[C@H](C(=O)Nc2nc3c(I)c[nH]c(=O)c3c3cc(Br)ccc23)C1. The summed E-state index contributed by atoms with van der Waals surface area (Å²) in [5.74, 6) is 0.459. The van der Waals surface area contributed by atoms with Crippen molar-refractivity contribution >= 4 is 71.9 Å². The predicted octanol–water partition coefficient (Wildman–Crippen LogP) is 4.11. The second kappa shape index (κ2) is 8.08. The van der Waals surface area contributed by atoms with Crippen LogP contribution in [0.1, 0.15) is 19.8 Å². The van der Waals surface area contributed by atoms with E-state index in [1.54, 1.807) is 6.20 Å². The van der Waals surface area contributed by atoms with E-state index in [9.17, 15) is 9.59 Å². The topological polar surface area (TPSA) is 78.1 Å². The highest BCUT2D eigenvalue weighted by Gasteiger charge is 2.26. The van der Waals surface area contributed by atoms with Crippen LogP contribution in [0.3, 0.4) is 0 Å². The fourth-order valence-electron chi connectivity index (χ4n) is 3.83. The summed E-state index contributed by atoms with van der Waals surface area (Å²) >= 11 is 5.64. The number of pyridine rings is 2. The summed E-state index contributed by atoms with van der Waals surface area (Å²) < 4.78 is 1.70. The van der Waals surface area contributed by atoms with E-state index in [4.69, 9.17) is 0 Å². The monoisotopic (exact) mass is 554 g/mol. The quantitative estimate of drug-likeness (QED) is 0.377. The summed E-state index contributed by atoms with van der Waals surface area (Å²) in [6.07, 6.45) is 3.56. The summed E-state index contributed by atoms with van der Waals surface area (Å²) in [6.45, 7) is 4.90. The number of fused-ring (bicyclic) bond motifs is 3. The zero-order valence-corrected chi connectivity index (χ0v) is 19.1. The second-order valence-electron chi connectivity index (χ2n) is 7.06. The molecule has 1 aromatic carbocycles. The van der Waals surface area contributed by atoms with Crippen LogP contribution in [0.4, 0.5) is 5.82 Å². The van der Waals surface area contributed by atoms with Crippen molar-refractivity contribution in [1.29, 1.82) is 0 Å². The van der Waals surface area contributed by atoms with E-state index in [1.807, 2.05) is 18.2 Å². The molecule has 0 spiro atoms. The number of carbonyl (C=O) groups excluding carboxylic acids is 1. The smallest absolute Gasteiger partial charge is 0.258 e. The van der Waals surface area contributed by atoms with Gasteiger partial charge in [-0.25, -0.2) is 4.98 Å². The van der Waals surface area contributed by atoms with Crippen molar-refractivity contribution in [1.82, 2.24) is 14.9 Å². The van der Waals surface area contributed by atoms with Crippen LogP contribution in [0.25, 0.3) is 21.7 Å². The zero-order chi connectivity index (χ0) is 19.8. The molecule has 1 aliphatic heterocycles. The van der Waals surface area contributed by atoms with E-state index in [-0.39, 0.29) is 17.4 Å². The van der Waals surface area contributed by atoms with Gasteiger partial charge in [0.05, 0.1) is 20.4 Å². The maximum Gasteiger partial charge on any atom is 0.258 e. The number of rotatable bonds is 3. The number of nitrogens with zero attached hydrogens (tertiary/aromatic N) is 2. The molecule has 8 heteroatoms. The molecule has 0 saturated carbocycles. The van der Waals surface area contributed by atoms with E-state index in [1.165, 1.54) is 0 Å². The number of amides is 1. The third-order valence-corrected chi connectivity index (χ3v) is 6.63. The van der Waals surface area contributed by atoms with E-state index in [2.05, 4.69) is 65.6 Å².